The van der Waals surface area contributed by atoms with Crippen molar-refractivity contribution < 1.29 is 9.18 Å². The molecule has 28 heavy (non-hydrogen) atoms. The summed E-state index contributed by atoms with van der Waals surface area (Å²) in [5, 5.41) is 6.59. The van der Waals surface area contributed by atoms with E-state index in [2.05, 4.69) is 27.1 Å². The van der Waals surface area contributed by atoms with Crippen LogP contribution in [0.5, 0.6) is 0 Å². The first-order chi connectivity index (χ1) is 12.9. The number of nitrogens with one attached hydrogen (secondary N) is 2. The summed E-state index contributed by atoms with van der Waals surface area (Å²) in [6, 6.07) is 5.10. The predicted molar refractivity (Wildman–Crippen MR) is 124 cm³/mol. The van der Waals surface area contributed by atoms with Crippen LogP contribution < -0.4 is 15.5 Å². The van der Waals surface area contributed by atoms with E-state index in [0.717, 1.165) is 37.2 Å². The molecule has 1 aliphatic heterocycles. The van der Waals surface area contributed by atoms with Crippen molar-refractivity contribution in [3.63, 3.8) is 0 Å². The van der Waals surface area contributed by atoms with Crippen molar-refractivity contribution in [2.24, 2.45) is 4.99 Å². The van der Waals surface area contributed by atoms with Crippen LogP contribution in [0.25, 0.3) is 0 Å². The maximum atomic E-state index is 13.4. The highest BCUT2D eigenvalue weighted by molar-refractivity contribution is 14.0. The summed E-state index contributed by atoms with van der Waals surface area (Å²) in [7, 11) is 3.43. The van der Waals surface area contributed by atoms with E-state index in [0.29, 0.717) is 12.5 Å². The molecule has 2 N–H and O–H groups in total. The maximum absolute atomic E-state index is 13.4. The lowest BCUT2D eigenvalue weighted by Crippen LogP contribution is -2.51. The molecule has 1 amide bonds. The third kappa shape index (κ3) is 7.29. The van der Waals surface area contributed by atoms with Crippen LogP contribution in [-0.2, 0) is 4.79 Å². The summed E-state index contributed by atoms with van der Waals surface area (Å²) in [6.45, 7) is 8.03. The van der Waals surface area contributed by atoms with E-state index in [1.54, 1.807) is 26.2 Å². The van der Waals surface area contributed by atoms with E-state index in [-0.39, 0.29) is 48.3 Å². The fourth-order valence-electron chi connectivity index (χ4n) is 3.09. The maximum Gasteiger partial charge on any atom is 0.243 e. The van der Waals surface area contributed by atoms with Crippen LogP contribution in [0.15, 0.2) is 35.8 Å². The van der Waals surface area contributed by atoms with E-state index >= 15 is 0 Å². The summed E-state index contributed by atoms with van der Waals surface area (Å²) in [4.78, 5) is 20.0. The number of amides is 1. The molecular weight excluding hydrogens is 472 g/mol. The van der Waals surface area contributed by atoms with Gasteiger partial charge in [-0.3, -0.25) is 4.79 Å². The third-order valence-corrected chi connectivity index (χ3v) is 4.55. The number of likely N-dealkylation sites (N-methyl/N-ethyl adjacent to an activating group) is 1. The lowest BCUT2D eigenvalue weighted by Gasteiger charge is -2.36. The molecule has 6 nitrogen and oxygen atoms in total. The Balaban J connectivity index is 0.00000392. The molecule has 156 valence electrons. The van der Waals surface area contributed by atoms with Crippen LogP contribution in [0, 0.1) is 12.7 Å². The van der Waals surface area contributed by atoms with Gasteiger partial charge in [0.1, 0.15) is 12.4 Å². The Morgan fingerprint density at radius 2 is 2.21 bits per heavy atom. The number of nitrogens with zero attached hydrogens (tertiary/aromatic N) is 3. The summed E-state index contributed by atoms with van der Waals surface area (Å²) in [5.74, 6) is 0.339. The molecule has 1 unspecified atom stereocenters. The fraction of sp³-hybridized carbons (Fsp3) is 0.500. The number of piperidine rings is 1. The second kappa shape index (κ2) is 11.9. The standard InChI is InChI=1S/C20H30FN5O.HI/c1-5-10-22-20(23-13-19(27)25(3)4)24-17-7-6-11-26(14-17)18-9-8-16(21)12-15(18)2;/h5,8-9,12,17H,1,6-7,10-11,13-14H2,2-4H3,(H2,22,23,24);1H. The van der Waals surface area contributed by atoms with E-state index in [1.165, 1.54) is 11.0 Å². The topological polar surface area (TPSA) is 60.0 Å². The summed E-state index contributed by atoms with van der Waals surface area (Å²) in [6.07, 6.45) is 3.78. The minimum atomic E-state index is -0.212. The van der Waals surface area contributed by atoms with Crippen LogP contribution in [0.4, 0.5) is 10.1 Å². The Labute approximate surface area is 184 Å². The molecule has 1 heterocycles. The first kappa shape index (κ1) is 24.2. The monoisotopic (exact) mass is 503 g/mol. The SMILES string of the molecule is C=CCNC(=NCC(=O)N(C)C)NC1CCCN(c2ccc(F)cc2C)C1.I. The number of carbonyl (C=O) groups excluding carboxylic acids is 1. The van der Waals surface area contributed by atoms with Crippen molar-refractivity contribution in [1.82, 2.24) is 15.5 Å². The van der Waals surface area contributed by atoms with Gasteiger partial charge < -0.3 is 20.4 Å². The van der Waals surface area contributed by atoms with Crippen molar-refractivity contribution in [2.45, 2.75) is 25.8 Å². The minimum Gasteiger partial charge on any atom is -0.369 e. The highest BCUT2D eigenvalue weighted by Crippen LogP contribution is 2.24. The van der Waals surface area contributed by atoms with E-state index in [4.69, 9.17) is 0 Å². The van der Waals surface area contributed by atoms with E-state index in [9.17, 15) is 9.18 Å². The average molecular weight is 503 g/mol. The van der Waals surface area contributed by atoms with Crippen molar-refractivity contribution in [3.05, 3.63) is 42.2 Å². The van der Waals surface area contributed by atoms with Gasteiger partial charge in [-0.1, -0.05) is 6.08 Å². The average Bonchev–Trinajstić information content (AvgIpc) is 2.63. The lowest BCUT2D eigenvalue weighted by atomic mass is 10.0. The molecule has 1 atom stereocenters. The van der Waals surface area contributed by atoms with Gasteiger partial charge in [0.15, 0.2) is 5.96 Å². The van der Waals surface area contributed by atoms with Gasteiger partial charge in [0.2, 0.25) is 5.91 Å². The predicted octanol–water partition coefficient (Wildman–Crippen LogP) is 2.53. The molecule has 1 saturated heterocycles. The Hall–Kier alpha value is -1.84. The van der Waals surface area contributed by atoms with Crippen LogP contribution in [0.3, 0.4) is 0 Å². The van der Waals surface area contributed by atoms with Gasteiger partial charge in [0.05, 0.1) is 0 Å². The van der Waals surface area contributed by atoms with Gasteiger partial charge in [0.25, 0.3) is 0 Å². The number of rotatable bonds is 6. The van der Waals surface area contributed by atoms with Crippen LogP contribution in [0.1, 0.15) is 18.4 Å². The zero-order chi connectivity index (χ0) is 19.8. The molecule has 0 bridgehead atoms. The lowest BCUT2D eigenvalue weighted by molar-refractivity contribution is -0.127. The number of hydrogen-bond donors (Lipinski definition) is 2. The number of carbonyl (C=O) groups is 1. The number of anilines is 1. The van der Waals surface area contributed by atoms with Gasteiger partial charge >= 0.3 is 0 Å². The zero-order valence-corrected chi connectivity index (χ0v) is 19.2. The van der Waals surface area contributed by atoms with Crippen LogP contribution in [-0.4, -0.2) is 63.1 Å². The van der Waals surface area contributed by atoms with E-state index < -0.39 is 0 Å². The molecule has 0 radical (unpaired) electrons. The minimum absolute atomic E-state index is 0. The summed E-state index contributed by atoms with van der Waals surface area (Å²) < 4.78 is 13.4. The number of aliphatic imine (C=N–C) groups is 1. The van der Waals surface area contributed by atoms with Crippen molar-refractivity contribution >= 4 is 41.5 Å². The van der Waals surface area contributed by atoms with Crippen molar-refractivity contribution in [3.8, 4) is 0 Å². The zero-order valence-electron chi connectivity index (χ0n) is 16.9. The number of hydrogen-bond acceptors (Lipinski definition) is 3. The van der Waals surface area contributed by atoms with Crippen LogP contribution >= 0.6 is 24.0 Å². The quantitative estimate of drug-likeness (QED) is 0.271. The third-order valence-electron chi connectivity index (χ3n) is 4.55. The Morgan fingerprint density at radius 1 is 1.46 bits per heavy atom. The summed E-state index contributed by atoms with van der Waals surface area (Å²) in [5.41, 5.74) is 1.99. The highest BCUT2D eigenvalue weighted by Gasteiger charge is 2.22. The van der Waals surface area contributed by atoms with E-state index in [1.807, 2.05) is 13.0 Å². The highest BCUT2D eigenvalue weighted by atomic mass is 127. The Kier molecular flexibility index (Phi) is 10.3. The molecule has 1 fully saturated rings. The smallest absolute Gasteiger partial charge is 0.243 e. The molecule has 8 heteroatoms. The molecule has 2 rings (SSSR count). The molecule has 1 aromatic rings. The fourth-order valence-corrected chi connectivity index (χ4v) is 3.09. The molecule has 0 aliphatic carbocycles. The first-order valence-electron chi connectivity index (χ1n) is 9.27. The number of aryl methyl sites for hydroxylation is 1. The molecule has 0 saturated carbocycles. The molecule has 0 aromatic heterocycles. The second-order valence-electron chi connectivity index (χ2n) is 6.98. The van der Waals surface area contributed by atoms with Crippen molar-refractivity contribution in [2.75, 3.05) is 45.2 Å². The number of halogens is 2. The normalized spacial score (nSPS) is 16.8. The number of guanidine groups is 1. The van der Waals surface area contributed by atoms with Crippen LogP contribution in [0.2, 0.25) is 0 Å². The van der Waals surface area contributed by atoms with Gasteiger partial charge in [0, 0.05) is 45.5 Å². The van der Waals surface area contributed by atoms with Gasteiger partial charge in [-0.25, -0.2) is 9.38 Å². The largest absolute Gasteiger partial charge is 0.369 e. The van der Waals surface area contributed by atoms with Gasteiger partial charge in [-0.15, -0.1) is 30.6 Å². The Morgan fingerprint density at radius 3 is 2.86 bits per heavy atom. The van der Waals surface area contributed by atoms with Gasteiger partial charge in [-0.05, 0) is 43.5 Å². The molecule has 0 spiro atoms. The second-order valence-corrected chi connectivity index (χ2v) is 6.98. The Bertz CT molecular complexity index is 695. The molecule has 1 aromatic carbocycles. The molecule has 1 aliphatic rings. The summed E-state index contributed by atoms with van der Waals surface area (Å²) >= 11 is 0. The molecular formula is C20H31FIN5O. The first-order valence-corrected chi connectivity index (χ1v) is 9.27. The van der Waals surface area contributed by atoms with Crippen molar-refractivity contribution in [1.29, 1.82) is 0 Å². The number of benzene rings is 1. The van der Waals surface area contributed by atoms with Gasteiger partial charge in [-0.2, -0.15) is 0 Å².